The number of phenols is 1. The summed E-state index contributed by atoms with van der Waals surface area (Å²) < 4.78 is 6.31. The summed E-state index contributed by atoms with van der Waals surface area (Å²) in [6.07, 6.45) is 2.04. The standard InChI is InChI=1S/C14H26O2Si2.2CH4/c1-17(2,3)16-18(4,5)12-8-10-13-9-6-7-11-14(13)15;;/h6-7,9,11,15H,8,10,12H2,1-5H3;2*1H4. The Morgan fingerprint density at radius 3 is 2.05 bits per heavy atom. The summed E-state index contributed by atoms with van der Waals surface area (Å²) in [5, 5.41) is 9.71. The molecule has 118 valence electrons. The van der Waals surface area contributed by atoms with Gasteiger partial charge >= 0.3 is 0 Å². The predicted molar refractivity (Wildman–Crippen MR) is 96.6 cm³/mol. The Balaban J connectivity index is 0. The predicted octanol–water partition coefficient (Wildman–Crippen LogP) is 5.65. The number of rotatable bonds is 6. The zero-order valence-corrected chi connectivity index (χ0v) is 14.3. The third-order valence-electron chi connectivity index (χ3n) is 2.80. The fourth-order valence-electron chi connectivity index (χ4n) is 2.31. The molecular weight excluding hydrogens is 280 g/mol. The SMILES string of the molecule is C.C.C[Si](C)(C)O[Si](C)(C)CCCc1ccccc1O. The van der Waals surface area contributed by atoms with Gasteiger partial charge in [-0.15, -0.1) is 0 Å². The number of hydrogen-bond donors (Lipinski definition) is 1. The van der Waals surface area contributed by atoms with Crippen molar-refractivity contribution in [2.75, 3.05) is 0 Å². The van der Waals surface area contributed by atoms with Crippen molar-refractivity contribution in [1.82, 2.24) is 0 Å². The first-order valence-electron chi connectivity index (χ1n) is 6.67. The Kier molecular flexibility index (Phi) is 9.38. The van der Waals surface area contributed by atoms with Gasteiger partial charge in [0.25, 0.3) is 0 Å². The fourth-order valence-corrected chi connectivity index (χ4v) is 10.4. The van der Waals surface area contributed by atoms with Gasteiger partial charge in [0.15, 0.2) is 16.6 Å². The lowest BCUT2D eigenvalue weighted by Crippen LogP contribution is -2.42. The molecule has 0 saturated heterocycles. The molecule has 1 N–H and O–H groups in total. The summed E-state index contributed by atoms with van der Waals surface area (Å²) in [6, 6.07) is 8.77. The van der Waals surface area contributed by atoms with Crippen LogP contribution in [0.5, 0.6) is 5.75 Å². The van der Waals surface area contributed by atoms with E-state index in [1.807, 2.05) is 18.2 Å². The first kappa shape index (κ1) is 21.7. The highest BCUT2D eigenvalue weighted by Crippen LogP contribution is 2.23. The maximum Gasteiger partial charge on any atom is 0.173 e. The molecule has 0 spiro atoms. The maximum absolute atomic E-state index is 9.71. The molecule has 1 rings (SSSR count). The molecule has 0 aliphatic heterocycles. The van der Waals surface area contributed by atoms with Crippen LogP contribution in [-0.2, 0) is 10.5 Å². The van der Waals surface area contributed by atoms with E-state index in [0.29, 0.717) is 5.75 Å². The molecule has 0 atom stereocenters. The highest BCUT2D eigenvalue weighted by Gasteiger charge is 2.28. The van der Waals surface area contributed by atoms with Crippen molar-refractivity contribution in [3.8, 4) is 5.75 Å². The molecule has 0 bridgehead atoms. The number of para-hydroxylation sites is 1. The summed E-state index contributed by atoms with van der Waals surface area (Å²) in [5.41, 5.74) is 1.05. The van der Waals surface area contributed by atoms with Gasteiger partial charge in [-0.05, 0) is 63.3 Å². The van der Waals surface area contributed by atoms with Crippen molar-refractivity contribution in [3.05, 3.63) is 29.8 Å². The first-order valence-corrected chi connectivity index (χ1v) is 13.2. The zero-order valence-electron chi connectivity index (χ0n) is 12.3. The molecule has 1 aromatic carbocycles. The summed E-state index contributed by atoms with van der Waals surface area (Å²) in [5.74, 6) is 0.420. The van der Waals surface area contributed by atoms with E-state index in [-0.39, 0.29) is 14.9 Å². The second kappa shape index (κ2) is 8.65. The number of phenolic OH excluding ortho intramolecular Hbond substituents is 1. The smallest absolute Gasteiger partial charge is 0.173 e. The highest BCUT2D eigenvalue weighted by molar-refractivity contribution is 6.84. The van der Waals surface area contributed by atoms with Crippen LogP contribution < -0.4 is 0 Å². The van der Waals surface area contributed by atoms with E-state index in [4.69, 9.17) is 4.12 Å². The summed E-state index contributed by atoms with van der Waals surface area (Å²) in [6.45, 7) is 11.4. The van der Waals surface area contributed by atoms with Gasteiger partial charge in [0.05, 0.1) is 0 Å². The largest absolute Gasteiger partial charge is 0.508 e. The van der Waals surface area contributed by atoms with Crippen LogP contribution in [0.2, 0.25) is 38.8 Å². The van der Waals surface area contributed by atoms with Crippen LogP contribution >= 0.6 is 0 Å². The lowest BCUT2D eigenvalue weighted by Gasteiger charge is -2.31. The average Bonchev–Trinajstić information content (AvgIpc) is 2.17. The van der Waals surface area contributed by atoms with Crippen LogP contribution in [0, 0.1) is 0 Å². The fraction of sp³-hybridized carbons (Fsp3) is 0.625. The molecule has 0 unspecified atom stereocenters. The average molecular weight is 315 g/mol. The van der Waals surface area contributed by atoms with Crippen LogP contribution in [0.15, 0.2) is 24.3 Å². The molecule has 0 aliphatic carbocycles. The van der Waals surface area contributed by atoms with Gasteiger partial charge in [0.1, 0.15) is 5.75 Å². The summed E-state index contributed by atoms with van der Waals surface area (Å²) >= 11 is 0. The maximum atomic E-state index is 9.71. The van der Waals surface area contributed by atoms with Gasteiger partial charge in [-0.2, -0.15) is 0 Å². The molecule has 0 aromatic heterocycles. The Hall–Kier alpha value is -0.586. The van der Waals surface area contributed by atoms with Crippen LogP contribution in [-0.4, -0.2) is 21.7 Å². The molecular formula is C16H34O2Si2. The first-order chi connectivity index (χ1) is 8.20. The van der Waals surface area contributed by atoms with Crippen molar-refractivity contribution < 1.29 is 9.22 Å². The monoisotopic (exact) mass is 314 g/mol. The van der Waals surface area contributed by atoms with E-state index in [1.54, 1.807) is 6.07 Å². The molecule has 4 heteroatoms. The van der Waals surface area contributed by atoms with Gasteiger partial charge in [-0.1, -0.05) is 33.1 Å². The van der Waals surface area contributed by atoms with E-state index in [2.05, 4.69) is 32.7 Å². The third kappa shape index (κ3) is 8.56. The summed E-state index contributed by atoms with van der Waals surface area (Å²) in [7, 11) is -2.95. The van der Waals surface area contributed by atoms with Crippen LogP contribution in [0.1, 0.15) is 26.8 Å². The second-order valence-electron chi connectivity index (χ2n) is 6.46. The van der Waals surface area contributed by atoms with Gasteiger partial charge in [0, 0.05) is 0 Å². The van der Waals surface area contributed by atoms with E-state index >= 15 is 0 Å². The third-order valence-corrected chi connectivity index (χ3v) is 9.02. The molecule has 0 fully saturated rings. The minimum atomic E-state index is -1.53. The Bertz CT molecular complexity index is 384. The molecule has 0 radical (unpaired) electrons. The van der Waals surface area contributed by atoms with Crippen molar-refractivity contribution in [1.29, 1.82) is 0 Å². The normalized spacial score (nSPS) is 11.4. The van der Waals surface area contributed by atoms with Gasteiger partial charge in [-0.25, -0.2) is 0 Å². The summed E-state index contributed by atoms with van der Waals surface area (Å²) in [4.78, 5) is 0. The lowest BCUT2D eigenvalue weighted by atomic mass is 10.1. The minimum absolute atomic E-state index is 0. The Labute approximate surface area is 128 Å². The molecule has 20 heavy (non-hydrogen) atoms. The van der Waals surface area contributed by atoms with E-state index in [9.17, 15) is 5.11 Å². The van der Waals surface area contributed by atoms with Crippen molar-refractivity contribution in [3.63, 3.8) is 0 Å². The van der Waals surface area contributed by atoms with Crippen LogP contribution in [0.3, 0.4) is 0 Å². The molecule has 1 aromatic rings. The topological polar surface area (TPSA) is 29.5 Å². The van der Waals surface area contributed by atoms with Gasteiger partial charge in [0.2, 0.25) is 0 Å². The minimum Gasteiger partial charge on any atom is -0.508 e. The molecule has 0 amide bonds. The molecule has 0 saturated carbocycles. The molecule has 0 aliphatic rings. The number of aryl methyl sites for hydroxylation is 1. The Morgan fingerprint density at radius 1 is 1.00 bits per heavy atom. The van der Waals surface area contributed by atoms with Crippen molar-refractivity contribution >= 4 is 16.6 Å². The van der Waals surface area contributed by atoms with Crippen LogP contribution in [0.25, 0.3) is 0 Å². The van der Waals surface area contributed by atoms with E-state index in [0.717, 1.165) is 24.4 Å². The van der Waals surface area contributed by atoms with Gasteiger partial charge in [-0.3, -0.25) is 0 Å². The van der Waals surface area contributed by atoms with E-state index < -0.39 is 16.6 Å². The lowest BCUT2D eigenvalue weighted by molar-refractivity contribution is 0.467. The molecule has 0 heterocycles. The number of hydrogen-bond acceptors (Lipinski definition) is 2. The highest BCUT2D eigenvalue weighted by atomic mass is 28.4. The molecule has 2 nitrogen and oxygen atoms in total. The van der Waals surface area contributed by atoms with Crippen LogP contribution in [0.4, 0.5) is 0 Å². The van der Waals surface area contributed by atoms with E-state index in [1.165, 1.54) is 0 Å². The zero-order chi connectivity index (χ0) is 13.8. The number of benzene rings is 1. The second-order valence-corrected chi connectivity index (χ2v) is 15.5. The number of aromatic hydroxyl groups is 1. The van der Waals surface area contributed by atoms with Gasteiger partial charge < -0.3 is 9.22 Å². The van der Waals surface area contributed by atoms with Crippen molar-refractivity contribution in [2.24, 2.45) is 0 Å². The quantitative estimate of drug-likeness (QED) is 0.687. The van der Waals surface area contributed by atoms with Crippen molar-refractivity contribution in [2.45, 2.75) is 66.5 Å². The Morgan fingerprint density at radius 2 is 1.55 bits per heavy atom.